The average Bonchev–Trinajstić information content (AvgIpc) is 3.08. The highest BCUT2D eigenvalue weighted by Crippen LogP contribution is 2.42. The van der Waals surface area contributed by atoms with Gasteiger partial charge in [-0.2, -0.15) is 4.31 Å². The number of aryl methyl sites for hydroxylation is 1. The summed E-state index contributed by atoms with van der Waals surface area (Å²) in [6.07, 6.45) is 11.9. The van der Waals surface area contributed by atoms with Gasteiger partial charge in [-0.15, -0.1) is 0 Å². The minimum atomic E-state index is -3.39. The quantitative estimate of drug-likeness (QED) is 0.733. The molecule has 1 aromatic carbocycles. The molecule has 4 rings (SSSR count). The van der Waals surface area contributed by atoms with E-state index in [1.54, 1.807) is 27.6 Å². The van der Waals surface area contributed by atoms with Crippen LogP contribution < -0.4 is 0 Å². The molecule has 0 bridgehead atoms. The summed E-state index contributed by atoms with van der Waals surface area (Å²) >= 11 is 0. The molecule has 2 atom stereocenters. The zero-order valence-corrected chi connectivity index (χ0v) is 15.8. The molecule has 25 heavy (non-hydrogen) atoms. The summed E-state index contributed by atoms with van der Waals surface area (Å²) in [5, 5.41) is 0. The summed E-state index contributed by atoms with van der Waals surface area (Å²) in [5.41, 5.74) is 4.26. The molecule has 4 heteroatoms. The van der Waals surface area contributed by atoms with Gasteiger partial charge >= 0.3 is 0 Å². The van der Waals surface area contributed by atoms with Crippen LogP contribution in [0.3, 0.4) is 0 Å². The van der Waals surface area contributed by atoms with E-state index in [2.05, 4.69) is 12.2 Å². The third kappa shape index (κ3) is 3.22. The molecule has 0 spiro atoms. The van der Waals surface area contributed by atoms with Crippen molar-refractivity contribution < 1.29 is 8.42 Å². The van der Waals surface area contributed by atoms with E-state index in [0.717, 1.165) is 12.0 Å². The van der Waals surface area contributed by atoms with Crippen LogP contribution in [0.15, 0.2) is 52.5 Å². The summed E-state index contributed by atoms with van der Waals surface area (Å²) in [6.45, 7) is 3.24. The van der Waals surface area contributed by atoms with E-state index in [1.807, 2.05) is 19.1 Å². The van der Waals surface area contributed by atoms with Crippen LogP contribution in [-0.2, 0) is 10.0 Å². The Morgan fingerprint density at radius 2 is 1.72 bits per heavy atom. The highest BCUT2D eigenvalue weighted by atomic mass is 32.2. The van der Waals surface area contributed by atoms with E-state index >= 15 is 0 Å². The second-order valence-electron chi connectivity index (χ2n) is 7.73. The Morgan fingerprint density at radius 3 is 2.44 bits per heavy atom. The van der Waals surface area contributed by atoms with Crippen LogP contribution in [0, 0.1) is 18.8 Å². The Hall–Kier alpha value is -1.39. The third-order valence-corrected chi connectivity index (χ3v) is 7.92. The lowest BCUT2D eigenvalue weighted by atomic mass is 9.77. The number of sulfonamides is 1. The number of nitrogens with zero attached hydrogens (tertiary/aromatic N) is 1. The summed E-state index contributed by atoms with van der Waals surface area (Å²) in [7, 11) is -3.39. The predicted molar refractivity (Wildman–Crippen MR) is 101 cm³/mol. The van der Waals surface area contributed by atoms with Gasteiger partial charge in [-0.3, -0.25) is 0 Å². The van der Waals surface area contributed by atoms with Crippen molar-refractivity contribution in [3.8, 4) is 0 Å². The summed E-state index contributed by atoms with van der Waals surface area (Å²) in [5.74, 6) is 0.733. The molecule has 2 aliphatic carbocycles. The fourth-order valence-corrected chi connectivity index (χ4v) is 6.14. The first-order valence-corrected chi connectivity index (χ1v) is 10.9. The van der Waals surface area contributed by atoms with Crippen molar-refractivity contribution in [1.29, 1.82) is 0 Å². The Labute approximate surface area is 151 Å². The zero-order chi connectivity index (χ0) is 17.4. The van der Waals surface area contributed by atoms with Crippen LogP contribution in [0.25, 0.3) is 0 Å². The van der Waals surface area contributed by atoms with Crippen LogP contribution in [-0.4, -0.2) is 25.8 Å². The molecule has 0 radical (unpaired) electrons. The van der Waals surface area contributed by atoms with Gasteiger partial charge in [0.05, 0.1) is 4.90 Å². The van der Waals surface area contributed by atoms with Gasteiger partial charge in [0.1, 0.15) is 0 Å². The van der Waals surface area contributed by atoms with Crippen LogP contribution in [0.1, 0.15) is 44.1 Å². The number of allylic oxidation sites excluding steroid dienone is 2. The number of benzene rings is 1. The Bertz CT molecular complexity index is 797. The fourth-order valence-electron chi connectivity index (χ4n) is 4.64. The van der Waals surface area contributed by atoms with Crippen molar-refractivity contribution in [2.75, 3.05) is 13.1 Å². The second-order valence-corrected chi connectivity index (χ2v) is 9.67. The molecule has 0 aromatic heterocycles. The Morgan fingerprint density at radius 1 is 1.00 bits per heavy atom. The van der Waals surface area contributed by atoms with E-state index in [4.69, 9.17) is 0 Å². The lowest BCUT2D eigenvalue weighted by Crippen LogP contribution is -2.29. The van der Waals surface area contributed by atoms with E-state index in [-0.39, 0.29) is 0 Å². The highest BCUT2D eigenvalue weighted by Gasteiger charge is 2.41. The average molecular weight is 358 g/mol. The monoisotopic (exact) mass is 357 g/mol. The summed E-state index contributed by atoms with van der Waals surface area (Å²) in [4.78, 5) is 0.424. The SMILES string of the molecule is Cc1ccc(S(=O)(=O)N2C[C@H]3C=CCC(=C4CCCCC4)[C@@H]3C2)cc1. The molecular formula is C21H27NO2S. The lowest BCUT2D eigenvalue weighted by Gasteiger charge is -2.28. The number of hydrogen-bond acceptors (Lipinski definition) is 2. The first kappa shape index (κ1) is 17.0. The largest absolute Gasteiger partial charge is 0.243 e. The molecule has 1 saturated heterocycles. The van der Waals surface area contributed by atoms with Crippen molar-refractivity contribution in [1.82, 2.24) is 4.31 Å². The van der Waals surface area contributed by atoms with Gasteiger partial charge in [0, 0.05) is 19.0 Å². The number of rotatable bonds is 2. The van der Waals surface area contributed by atoms with Crippen LogP contribution >= 0.6 is 0 Å². The maximum absolute atomic E-state index is 13.1. The normalized spacial score (nSPS) is 27.6. The molecule has 3 aliphatic rings. The Kier molecular flexibility index (Phi) is 4.59. The third-order valence-electron chi connectivity index (χ3n) is 6.07. The van der Waals surface area contributed by atoms with E-state index < -0.39 is 10.0 Å². The molecule has 1 aromatic rings. The van der Waals surface area contributed by atoms with Gasteiger partial charge in [-0.05, 0) is 57.1 Å². The molecule has 0 amide bonds. The fraction of sp³-hybridized carbons (Fsp3) is 0.524. The molecular weight excluding hydrogens is 330 g/mol. The minimum absolute atomic E-state index is 0.346. The molecule has 134 valence electrons. The van der Waals surface area contributed by atoms with Gasteiger partial charge in [-0.1, -0.05) is 47.4 Å². The van der Waals surface area contributed by atoms with Crippen molar-refractivity contribution in [2.24, 2.45) is 11.8 Å². The summed E-state index contributed by atoms with van der Waals surface area (Å²) in [6, 6.07) is 7.24. The van der Waals surface area contributed by atoms with Gasteiger partial charge in [0.2, 0.25) is 10.0 Å². The maximum atomic E-state index is 13.1. The minimum Gasteiger partial charge on any atom is -0.207 e. The van der Waals surface area contributed by atoms with Crippen molar-refractivity contribution >= 4 is 10.0 Å². The van der Waals surface area contributed by atoms with E-state index in [9.17, 15) is 8.42 Å². The molecule has 1 aliphatic heterocycles. The molecule has 1 heterocycles. The zero-order valence-electron chi connectivity index (χ0n) is 14.9. The van der Waals surface area contributed by atoms with Gasteiger partial charge < -0.3 is 0 Å². The molecule has 3 nitrogen and oxygen atoms in total. The molecule has 0 unspecified atom stereocenters. The summed E-state index contributed by atoms with van der Waals surface area (Å²) < 4.78 is 27.8. The topological polar surface area (TPSA) is 37.4 Å². The standard InChI is InChI=1S/C21H27NO2S/c1-16-10-12-19(13-11-16)25(23,24)22-14-18-8-5-9-20(21(18)15-22)17-6-3-2-4-7-17/h5,8,10-13,18,21H,2-4,6-7,9,14-15H2,1H3/t18-,21-/m1/s1. The van der Waals surface area contributed by atoms with E-state index in [1.165, 1.54) is 32.1 Å². The Balaban J connectivity index is 1.61. The maximum Gasteiger partial charge on any atom is 0.243 e. The number of hydrogen-bond donors (Lipinski definition) is 0. The van der Waals surface area contributed by atoms with Crippen LogP contribution in [0.5, 0.6) is 0 Å². The second kappa shape index (κ2) is 6.73. The molecule has 1 saturated carbocycles. The van der Waals surface area contributed by atoms with Gasteiger partial charge in [0.25, 0.3) is 0 Å². The number of fused-ring (bicyclic) bond motifs is 1. The van der Waals surface area contributed by atoms with Gasteiger partial charge in [-0.25, -0.2) is 8.42 Å². The smallest absolute Gasteiger partial charge is 0.207 e. The first-order chi connectivity index (χ1) is 12.1. The molecule has 2 fully saturated rings. The van der Waals surface area contributed by atoms with Crippen LogP contribution in [0.4, 0.5) is 0 Å². The lowest BCUT2D eigenvalue weighted by molar-refractivity contribution is 0.464. The highest BCUT2D eigenvalue weighted by molar-refractivity contribution is 7.89. The molecule has 0 N–H and O–H groups in total. The van der Waals surface area contributed by atoms with E-state index in [0.29, 0.717) is 29.8 Å². The van der Waals surface area contributed by atoms with Crippen LogP contribution in [0.2, 0.25) is 0 Å². The van der Waals surface area contributed by atoms with Gasteiger partial charge in [0.15, 0.2) is 0 Å². The first-order valence-electron chi connectivity index (χ1n) is 9.50. The van der Waals surface area contributed by atoms with Crippen molar-refractivity contribution in [3.63, 3.8) is 0 Å². The van der Waals surface area contributed by atoms with Crippen molar-refractivity contribution in [2.45, 2.75) is 50.3 Å². The van der Waals surface area contributed by atoms with Crippen molar-refractivity contribution in [3.05, 3.63) is 53.1 Å². The predicted octanol–water partition coefficient (Wildman–Crippen LogP) is 4.45.